The predicted octanol–water partition coefficient (Wildman–Crippen LogP) is 5.68. The van der Waals surface area contributed by atoms with Crippen molar-refractivity contribution in [2.24, 2.45) is 0 Å². The molecule has 1 aromatic heterocycles. The minimum Gasteiger partial charge on any atom is -0.435 e. The van der Waals surface area contributed by atoms with E-state index in [9.17, 15) is 8.78 Å². The average Bonchev–Trinajstić information content (AvgIpc) is 3.03. The van der Waals surface area contributed by atoms with Gasteiger partial charge in [0.05, 0.1) is 0 Å². The van der Waals surface area contributed by atoms with Crippen molar-refractivity contribution in [1.29, 1.82) is 0 Å². The summed E-state index contributed by atoms with van der Waals surface area (Å²) >= 11 is 7.56. The lowest BCUT2D eigenvalue weighted by Crippen LogP contribution is -2.02. The van der Waals surface area contributed by atoms with E-state index < -0.39 is 6.61 Å². The van der Waals surface area contributed by atoms with Crippen LogP contribution in [0.5, 0.6) is 5.75 Å². The van der Waals surface area contributed by atoms with Gasteiger partial charge in [-0.1, -0.05) is 41.6 Å². The summed E-state index contributed by atoms with van der Waals surface area (Å²) in [7, 11) is 0. The summed E-state index contributed by atoms with van der Waals surface area (Å²) in [5.41, 5.74) is 1.83. The Bertz CT molecular complexity index is 916. The fourth-order valence-electron chi connectivity index (χ4n) is 2.46. The first-order chi connectivity index (χ1) is 13.1. The highest BCUT2D eigenvalue weighted by atomic mass is 35.5. The first-order valence-corrected chi connectivity index (χ1v) is 9.40. The number of thioether (sulfide) groups is 1. The monoisotopic (exact) mass is 407 g/mol. The van der Waals surface area contributed by atoms with Crippen LogP contribution in [0.15, 0.2) is 66.3 Å². The number of nitrogens with zero attached hydrogens (tertiary/aromatic N) is 3. The summed E-state index contributed by atoms with van der Waals surface area (Å²) < 4.78 is 30.9. The average molecular weight is 408 g/mol. The second-order valence-electron chi connectivity index (χ2n) is 5.53. The molecule has 0 aliphatic rings. The van der Waals surface area contributed by atoms with E-state index in [0.29, 0.717) is 23.1 Å². The SMILES string of the molecule is C=CCn1c(SCc2cccc(Cl)c2)nnc1-c1ccc(OC(F)F)cc1. The van der Waals surface area contributed by atoms with Crippen molar-refractivity contribution < 1.29 is 13.5 Å². The molecule has 0 saturated carbocycles. The molecule has 0 amide bonds. The van der Waals surface area contributed by atoms with Gasteiger partial charge in [0.25, 0.3) is 0 Å². The van der Waals surface area contributed by atoms with Gasteiger partial charge in [0.15, 0.2) is 11.0 Å². The van der Waals surface area contributed by atoms with Gasteiger partial charge >= 0.3 is 6.61 Å². The third kappa shape index (κ3) is 5.08. The smallest absolute Gasteiger partial charge is 0.387 e. The van der Waals surface area contributed by atoms with Gasteiger partial charge in [-0.2, -0.15) is 8.78 Å². The molecule has 8 heteroatoms. The summed E-state index contributed by atoms with van der Waals surface area (Å²) in [4.78, 5) is 0. The van der Waals surface area contributed by atoms with Gasteiger partial charge in [0.1, 0.15) is 5.75 Å². The quantitative estimate of drug-likeness (QED) is 0.356. The normalized spacial score (nSPS) is 11.0. The number of aromatic nitrogens is 3. The topological polar surface area (TPSA) is 39.9 Å². The van der Waals surface area contributed by atoms with E-state index in [1.807, 2.05) is 28.8 Å². The predicted molar refractivity (Wildman–Crippen MR) is 103 cm³/mol. The molecule has 0 bridgehead atoms. The third-order valence-electron chi connectivity index (χ3n) is 3.62. The highest BCUT2D eigenvalue weighted by Crippen LogP contribution is 2.28. The number of halogens is 3. The lowest BCUT2D eigenvalue weighted by molar-refractivity contribution is -0.0498. The Morgan fingerprint density at radius 3 is 2.63 bits per heavy atom. The van der Waals surface area contributed by atoms with Crippen LogP contribution < -0.4 is 4.74 Å². The van der Waals surface area contributed by atoms with Crippen LogP contribution in [0.1, 0.15) is 5.56 Å². The molecule has 0 aliphatic heterocycles. The lowest BCUT2D eigenvalue weighted by Gasteiger charge is -2.09. The van der Waals surface area contributed by atoms with Crippen molar-refractivity contribution in [3.8, 4) is 17.1 Å². The van der Waals surface area contributed by atoms with Crippen LogP contribution in [-0.4, -0.2) is 21.4 Å². The third-order valence-corrected chi connectivity index (χ3v) is 4.90. The summed E-state index contributed by atoms with van der Waals surface area (Å²) in [5.74, 6) is 1.42. The fourth-order valence-corrected chi connectivity index (χ4v) is 3.57. The van der Waals surface area contributed by atoms with E-state index in [4.69, 9.17) is 11.6 Å². The van der Waals surface area contributed by atoms with Crippen LogP contribution in [0.4, 0.5) is 8.78 Å². The van der Waals surface area contributed by atoms with Crippen molar-refractivity contribution in [1.82, 2.24) is 14.8 Å². The standard InChI is InChI=1S/C19H16ClF2N3OS/c1-2-10-25-17(14-6-8-16(9-7-14)26-18(21)22)23-24-19(25)27-12-13-4-3-5-15(20)11-13/h2-9,11,18H,1,10,12H2. The molecule has 0 aliphatic carbocycles. The maximum atomic E-state index is 12.3. The van der Waals surface area contributed by atoms with Gasteiger partial charge in [-0.15, -0.1) is 16.8 Å². The van der Waals surface area contributed by atoms with Crippen LogP contribution in [0.25, 0.3) is 11.4 Å². The zero-order valence-corrected chi connectivity index (χ0v) is 15.8. The molecule has 1 heterocycles. The highest BCUT2D eigenvalue weighted by molar-refractivity contribution is 7.98. The summed E-state index contributed by atoms with van der Waals surface area (Å²) in [6.07, 6.45) is 1.75. The number of alkyl halides is 2. The van der Waals surface area contributed by atoms with E-state index in [2.05, 4.69) is 21.5 Å². The molecule has 3 rings (SSSR count). The number of allylic oxidation sites excluding steroid dienone is 1. The summed E-state index contributed by atoms with van der Waals surface area (Å²) in [6, 6.07) is 13.9. The van der Waals surface area contributed by atoms with Crippen LogP contribution in [-0.2, 0) is 12.3 Å². The molecule has 0 N–H and O–H groups in total. The number of hydrogen-bond acceptors (Lipinski definition) is 4. The van der Waals surface area contributed by atoms with Gasteiger partial charge in [-0.3, -0.25) is 4.57 Å². The second kappa shape index (κ2) is 9.01. The number of benzene rings is 2. The van der Waals surface area contributed by atoms with E-state index in [1.165, 1.54) is 23.9 Å². The zero-order chi connectivity index (χ0) is 19.2. The maximum Gasteiger partial charge on any atom is 0.387 e. The minimum atomic E-state index is -2.85. The van der Waals surface area contributed by atoms with Crippen molar-refractivity contribution >= 4 is 23.4 Å². The van der Waals surface area contributed by atoms with Crippen molar-refractivity contribution in [2.75, 3.05) is 0 Å². The number of hydrogen-bond donors (Lipinski definition) is 0. The Labute approximate surface area is 164 Å². The Balaban J connectivity index is 1.81. The van der Waals surface area contributed by atoms with E-state index in [-0.39, 0.29) is 5.75 Å². The first kappa shape index (κ1) is 19.4. The first-order valence-electron chi connectivity index (χ1n) is 8.03. The lowest BCUT2D eigenvalue weighted by atomic mass is 10.2. The van der Waals surface area contributed by atoms with Gasteiger partial charge < -0.3 is 4.74 Å². The summed E-state index contributed by atoms with van der Waals surface area (Å²) in [5, 5.41) is 9.94. The molecular weight excluding hydrogens is 392 g/mol. The molecule has 2 aromatic carbocycles. The molecule has 0 spiro atoms. The van der Waals surface area contributed by atoms with Crippen molar-refractivity contribution in [2.45, 2.75) is 24.1 Å². The molecule has 0 unspecified atom stereocenters. The molecule has 27 heavy (non-hydrogen) atoms. The number of rotatable bonds is 8. The molecule has 0 fully saturated rings. The van der Waals surface area contributed by atoms with Gasteiger partial charge in [0.2, 0.25) is 0 Å². The Kier molecular flexibility index (Phi) is 6.47. The van der Waals surface area contributed by atoms with Crippen LogP contribution >= 0.6 is 23.4 Å². The number of ether oxygens (including phenoxy) is 1. The zero-order valence-electron chi connectivity index (χ0n) is 14.2. The molecule has 140 valence electrons. The van der Waals surface area contributed by atoms with Gasteiger partial charge in [-0.25, -0.2) is 0 Å². The molecule has 3 aromatic rings. The van der Waals surface area contributed by atoms with Crippen LogP contribution in [0.3, 0.4) is 0 Å². The van der Waals surface area contributed by atoms with E-state index in [1.54, 1.807) is 18.2 Å². The van der Waals surface area contributed by atoms with Crippen LogP contribution in [0, 0.1) is 0 Å². The molecule has 4 nitrogen and oxygen atoms in total. The van der Waals surface area contributed by atoms with Crippen LogP contribution in [0.2, 0.25) is 5.02 Å². The Morgan fingerprint density at radius 1 is 1.19 bits per heavy atom. The highest BCUT2D eigenvalue weighted by Gasteiger charge is 2.14. The fraction of sp³-hybridized carbons (Fsp3) is 0.158. The Hall–Kier alpha value is -2.38. The molecule has 0 atom stereocenters. The molecule has 0 radical (unpaired) electrons. The Morgan fingerprint density at radius 2 is 1.96 bits per heavy atom. The maximum absolute atomic E-state index is 12.3. The van der Waals surface area contributed by atoms with Gasteiger partial charge in [-0.05, 0) is 42.0 Å². The molecule has 0 saturated heterocycles. The van der Waals surface area contributed by atoms with E-state index in [0.717, 1.165) is 16.3 Å². The van der Waals surface area contributed by atoms with Crippen molar-refractivity contribution in [3.05, 3.63) is 71.8 Å². The minimum absolute atomic E-state index is 0.0964. The molecular formula is C19H16ClF2N3OS. The van der Waals surface area contributed by atoms with Crippen molar-refractivity contribution in [3.63, 3.8) is 0 Å². The second-order valence-corrected chi connectivity index (χ2v) is 6.91. The van der Waals surface area contributed by atoms with E-state index >= 15 is 0 Å². The summed E-state index contributed by atoms with van der Waals surface area (Å²) in [6.45, 7) is 1.45. The largest absolute Gasteiger partial charge is 0.435 e. The van der Waals surface area contributed by atoms with Gasteiger partial charge in [0, 0.05) is 22.9 Å².